The van der Waals surface area contributed by atoms with Crippen molar-refractivity contribution in [3.05, 3.63) is 68.6 Å². The van der Waals surface area contributed by atoms with Crippen molar-refractivity contribution in [2.45, 2.75) is 6.92 Å². The van der Waals surface area contributed by atoms with Crippen LogP contribution in [0.3, 0.4) is 0 Å². The van der Waals surface area contributed by atoms with Crippen molar-refractivity contribution in [1.29, 1.82) is 0 Å². The fourth-order valence-electron chi connectivity index (χ4n) is 2.60. The molecule has 1 fully saturated rings. The van der Waals surface area contributed by atoms with Gasteiger partial charge in [-0.1, -0.05) is 36.1 Å². The Balaban J connectivity index is 1.75. The lowest BCUT2D eigenvalue weighted by molar-refractivity contribution is -0.384. The summed E-state index contributed by atoms with van der Waals surface area (Å²) in [6.45, 7) is 2.52. The molecule has 0 atom stereocenters. The molecule has 29 heavy (non-hydrogen) atoms. The molecule has 1 saturated heterocycles. The zero-order valence-corrected chi connectivity index (χ0v) is 17.4. The number of carbonyl (C=O) groups excluding carboxylic acids is 1. The number of nitro benzene ring substituents is 1. The minimum absolute atomic E-state index is 0.0911. The van der Waals surface area contributed by atoms with Crippen LogP contribution < -0.4 is 9.47 Å². The molecule has 2 aromatic carbocycles. The standard InChI is InChI=1S/C20H18N2O5S2/c1-13-4-3-5-16(10-13)26-8-9-27-17-7-6-15(22(24)25)11-14(17)12-18-19(23)21(2)20(28)29-18/h3-7,10-12H,8-9H2,1-2H3/b18-12+. The first-order valence-corrected chi connectivity index (χ1v) is 9.90. The van der Waals surface area contributed by atoms with Crippen molar-refractivity contribution < 1.29 is 19.2 Å². The SMILES string of the molecule is Cc1cccc(OCCOc2ccc([N+](=O)[O-])cc2/C=C2/SC(=S)N(C)C2=O)c1. The molecule has 0 aliphatic carbocycles. The second-order valence-corrected chi connectivity index (χ2v) is 7.91. The molecule has 9 heteroatoms. The van der Waals surface area contributed by atoms with E-state index in [-0.39, 0.29) is 18.2 Å². The number of ether oxygens (including phenoxy) is 2. The minimum atomic E-state index is -0.493. The fraction of sp³-hybridized carbons (Fsp3) is 0.200. The predicted molar refractivity (Wildman–Crippen MR) is 116 cm³/mol. The zero-order valence-electron chi connectivity index (χ0n) is 15.8. The van der Waals surface area contributed by atoms with Crippen molar-refractivity contribution in [2.75, 3.05) is 20.3 Å². The Kier molecular flexibility index (Phi) is 6.50. The summed E-state index contributed by atoms with van der Waals surface area (Å²) in [4.78, 5) is 24.6. The molecular weight excluding hydrogens is 412 g/mol. The van der Waals surface area contributed by atoms with Gasteiger partial charge < -0.3 is 9.47 Å². The zero-order chi connectivity index (χ0) is 21.0. The van der Waals surface area contributed by atoms with Gasteiger partial charge in [0.05, 0.1) is 9.83 Å². The average molecular weight is 431 g/mol. The Hall–Kier alpha value is -2.91. The lowest BCUT2D eigenvalue weighted by Gasteiger charge is -2.11. The molecule has 7 nitrogen and oxygen atoms in total. The molecular formula is C20H18N2O5S2. The van der Waals surface area contributed by atoms with Gasteiger partial charge in [0.25, 0.3) is 11.6 Å². The van der Waals surface area contributed by atoms with E-state index in [1.807, 2.05) is 31.2 Å². The molecule has 0 unspecified atom stereocenters. The quantitative estimate of drug-likeness (QED) is 0.214. The average Bonchev–Trinajstić information content (AvgIpc) is 2.92. The number of benzene rings is 2. The van der Waals surface area contributed by atoms with Crippen LogP contribution in [0.15, 0.2) is 47.4 Å². The van der Waals surface area contributed by atoms with E-state index in [4.69, 9.17) is 21.7 Å². The summed E-state index contributed by atoms with van der Waals surface area (Å²) < 4.78 is 11.9. The number of likely N-dealkylation sites (N-methyl/N-ethyl adjacent to an activating group) is 1. The van der Waals surface area contributed by atoms with Crippen LogP contribution in [0.5, 0.6) is 11.5 Å². The number of amides is 1. The molecule has 0 spiro atoms. The predicted octanol–water partition coefficient (Wildman–Crippen LogP) is 4.19. The van der Waals surface area contributed by atoms with Crippen LogP contribution >= 0.6 is 24.0 Å². The summed E-state index contributed by atoms with van der Waals surface area (Å²) in [5.74, 6) is 0.911. The van der Waals surface area contributed by atoms with E-state index in [1.54, 1.807) is 13.1 Å². The molecule has 1 aliphatic heterocycles. The maximum atomic E-state index is 12.2. The number of thiocarbonyl (C=S) groups is 1. The van der Waals surface area contributed by atoms with E-state index in [0.29, 0.717) is 27.1 Å². The van der Waals surface area contributed by atoms with Gasteiger partial charge in [-0.3, -0.25) is 19.8 Å². The topological polar surface area (TPSA) is 81.9 Å². The number of hydrogen-bond donors (Lipinski definition) is 0. The van der Waals surface area contributed by atoms with Crippen LogP contribution in [0.1, 0.15) is 11.1 Å². The summed E-state index contributed by atoms with van der Waals surface area (Å²) in [5.41, 5.74) is 1.43. The summed E-state index contributed by atoms with van der Waals surface area (Å²) in [7, 11) is 1.59. The first-order chi connectivity index (χ1) is 13.8. The normalized spacial score (nSPS) is 15.1. The molecule has 0 aromatic heterocycles. The number of thioether (sulfide) groups is 1. The molecule has 1 amide bonds. The maximum Gasteiger partial charge on any atom is 0.270 e. The van der Waals surface area contributed by atoms with Crippen molar-refractivity contribution in [3.8, 4) is 11.5 Å². The molecule has 1 heterocycles. The van der Waals surface area contributed by atoms with Crippen molar-refractivity contribution >= 4 is 46.0 Å². The van der Waals surface area contributed by atoms with E-state index >= 15 is 0 Å². The lowest BCUT2D eigenvalue weighted by Crippen LogP contribution is -2.22. The van der Waals surface area contributed by atoms with E-state index in [9.17, 15) is 14.9 Å². The molecule has 0 N–H and O–H groups in total. The Morgan fingerprint density at radius 1 is 1.21 bits per heavy atom. The highest BCUT2D eigenvalue weighted by atomic mass is 32.2. The van der Waals surface area contributed by atoms with Crippen molar-refractivity contribution in [1.82, 2.24) is 4.90 Å². The van der Waals surface area contributed by atoms with E-state index in [2.05, 4.69) is 0 Å². The number of carbonyl (C=O) groups is 1. The van der Waals surface area contributed by atoms with Crippen LogP contribution in [0.2, 0.25) is 0 Å². The smallest absolute Gasteiger partial charge is 0.270 e. The van der Waals surface area contributed by atoms with Gasteiger partial charge in [0.15, 0.2) is 0 Å². The fourth-order valence-corrected chi connectivity index (χ4v) is 3.77. The lowest BCUT2D eigenvalue weighted by atomic mass is 10.1. The van der Waals surface area contributed by atoms with Gasteiger partial charge in [-0.15, -0.1) is 0 Å². The Morgan fingerprint density at radius 3 is 2.62 bits per heavy atom. The molecule has 0 bridgehead atoms. The second-order valence-electron chi connectivity index (χ2n) is 6.23. The van der Waals surface area contributed by atoms with Crippen molar-refractivity contribution in [2.24, 2.45) is 0 Å². The Morgan fingerprint density at radius 2 is 1.97 bits per heavy atom. The third-order valence-corrected chi connectivity index (χ3v) is 5.56. The second kappa shape index (κ2) is 9.06. The summed E-state index contributed by atoms with van der Waals surface area (Å²) in [6.07, 6.45) is 1.56. The Bertz CT molecular complexity index is 1010. The molecule has 150 valence electrons. The van der Waals surface area contributed by atoms with Gasteiger partial charge in [0.2, 0.25) is 0 Å². The largest absolute Gasteiger partial charge is 0.490 e. The number of rotatable bonds is 7. The highest BCUT2D eigenvalue weighted by Crippen LogP contribution is 2.34. The number of hydrogen-bond acceptors (Lipinski definition) is 7. The van der Waals surface area contributed by atoms with Crippen molar-refractivity contribution in [3.63, 3.8) is 0 Å². The third-order valence-electron chi connectivity index (χ3n) is 4.08. The minimum Gasteiger partial charge on any atom is -0.490 e. The van der Waals surface area contributed by atoms with Gasteiger partial charge in [0.1, 0.15) is 29.0 Å². The third kappa shape index (κ3) is 5.12. The monoisotopic (exact) mass is 430 g/mol. The molecule has 0 radical (unpaired) electrons. The Labute approximate surface area is 177 Å². The van der Waals surface area contributed by atoms with E-state index < -0.39 is 4.92 Å². The van der Waals surface area contributed by atoms with Gasteiger partial charge >= 0.3 is 0 Å². The van der Waals surface area contributed by atoms with Gasteiger partial charge in [0, 0.05) is 24.7 Å². The van der Waals surface area contributed by atoms with E-state index in [0.717, 1.165) is 23.1 Å². The highest BCUT2D eigenvalue weighted by Gasteiger charge is 2.29. The first-order valence-electron chi connectivity index (χ1n) is 8.67. The number of nitro groups is 1. The maximum absolute atomic E-state index is 12.2. The summed E-state index contributed by atoms with van der Waals surface area (Å²) in [5, 5.41) is 11.1. The van der Waals surface area contributed by atoms with Crippen LogP contribution in [0.25, 0.3) is 6.08 Å². The van der Waals surface area contributed by atoms with Gasteiger partial charge in [-0.2, -0.15) is 0 Å². The molecule has 1 aliphatic rings. The van der Waals surface area contributed by atoms with Crippen LogP contribution in [0, 0.1) is 17.0 Å². The van der Waals surface area contributed by atoms with Crippen LogP contribution in [-0.4, -0.2) is 40.3 Å². The molecule has 3 rings (SSSR count). The summed E-state index contributed by atoms with van der Waals surface area (Å²) >= 11 is 6.27. The van der Waals surface area contributed by atoms with E-state index in [1.165, 1.54) is 23.1 Å². The van der Waals surface area contributed by atoms with Gasteiger partial charge in [-0.25, -0.2) is 0 Å². The first kappa shape index (κ1) is 20.8. The number of nitrogens with zero attached hydrogens (tertiary/aromatic N) is 2. The van der Waals surface area contributed by atoms with Gasteiger partial charge in [-0.05, 0) is 36.8 Å². The number of aryl methyl sites for hydroxylation is 1. The highest BCUT2D eigenvalue weighted by molar-refractivity contribution is 8.26. The van der Waals surface area contributed by atoms with Crippen LogP contribution in [0.4, 0.5) is 5.69 Å². The number of non-ortho nitro benzene ring substituents is 1. The molecule has 0 saturated carbocycles. The van der Waals surface area contributed by atoms with Crippen LogP contribution in [-0.2, 0) is 4.79 Å². The molecule has 2 aromatic rings. The summed E-state index contributed by atoms with van der Waals surface area (Å²) in [6, 6.07) is 11.9.